The van der Waals surface area contributed by atoms with Crippen LogP contribution in [0.15, 0.2) is 30.3 Å². The van der Waals surface area contributed by atoms with Gasteiger partial charge in [-0.15, -0.1) is 11.3 Å². The highest BCUT2D eigenvalue weighted by Gasteiger charge is 2.22. The van der Waals surface area contributed by atoms with Crippen LogP contribution in [0, 0.1) is 5.92 Å². The number of thiazole rings is 1. The van der Waals surface area contributed by atoms with Gasteiger partial charge in [-0.2, -0.15) is 0 Å². The zero-order valence-corrected chi connectivity index (χ0v) is 14.0. The molecule has 0 radical (unpaired) electrons. The van der Waals surface area contributed by atoms with Crippen molar-refractivity contribution >= 4 is 11.3 Å². The third-order valence-electron chi connectivity index (χ3n) is 3.40. The average molecular weight is 304 g/mol. The first kappa shape index (κ1) is 16.1. The van der Waals surface area contributed by atoms with Gasteiger partial charge in [-0.1, -0.05) is 51.1 Å². The van der Waals surface area contributed by atoms with Gasteiger partial charge in [-0.25, -0.2) is 4.98 Å². The van der Waals surface area contributed by atoms with Crippen LogP contribution >= 0.6 is 11.3 Å². The average Bonchev–Trinajstić information content (AvgIpc) is 2.90. The van der Waals surface area contributed by atoms with Crippen LogP contribution in [-0.2, 0) is 11.3 Å². The van der Waals surface area contributed by atoms with E-state index in [0.717, 1.165) is 23.8 Å². The fourth-order valence-electron chi connectivity index (χ4n) is 2.33. The smallest absolute Gasteiger partial charge is 0.123 e. The maximum atomic E-state index is 5.63. The lowest BCUT2D eigenvalue weighted by Gasteiger charge is -2.16. The number of benzene rings is 1. The molecule has 0 aliphatic rings. The van der Waals surface area contributed by atoms with Gasteiger partial charge in [0.05, 0.1) is 5.69 Å². The minimum Gasteiger partial charge on any atom is -0.374 e. The molecule has 0 fully saturated rings. The van der Waals surface area contributed by atoms with Crippen molar-refractivity contribution in [3.05, 3.63) is 40.2 Å². The molecule has 2 rings (SSSR count). The van der Waals surface area contributed by atoms with Gasteiger partial charge >= 0.3 is 0 Å². The molecule has 1 heterocycles. The van der Waals surface area contributed by atoms with Crippen molar-refractivity contribution in [1.29, 1.82) is 0 Å². The maximum absolute atomic E-state index is 5.63. The number of rotatable bonds is 7. The number of aromatic nitrogens is 1. The van der Waals surface area contributed by atoms with Crippen LogP contribution in [0.2, 0.25) is 0 Å². The third kappa shape index (κ3) is 3.90. The predicted octanol–water partition coefficient (Wildman–Crippen LogP) is 4.26. The topological polar surface area (TPSA) is 34.1 Å². The molecule has 1 aromatic carbocycles. The summed E-state index contributed by atoms with van der Waals surface area (Å²) in [7, 11) is 1.76. The van der Waals surface area contributed by atoms with E-state index in [1.165, 1.54) is 10.4 Å². The molecule has 4 heteroatoms. The fourth-order valence-corrected chi connectivity index (χ4v) is 3.64. The molecule has 1 N–H and O–H groups in total. The summed E-state index contributed by atoms with van der Waals surface area (Å²) in [6.07, 6.45) is 0.0628. The Labute approximate surface area is 131 Å². The lowest BCUT2D eigenvalue weighted by Crippen LogP contribution is -2.11. The predicted molar refractivity (Wildman–Crippen MR) is 89.5 cm³/mol. The first-order valence-corrected chi connectivity index (χ1v) is 8.27. The van der Waals surface area contributed by atoms with Crippen molar-refractivity contribution < 1.29 is 4.74 Å². The number of hydrogen-bond acceptors (Lipinski definition) is 4. The zero-order chi connectivity index (χ0) is 15.2. The monoisotopic (exact) mass is 304 g/mol. The number of hydrogen-bond donors (Lipinski definition) is 1. The van der Waals surface area contributed by atoms with E-state index in [0.29, 0.717) is 5.92 Å². The molecule has 0 aliphatic heterocycles. The third-order valence-corrected chi connectivity index (χ3v) is 4.52. The van der Waals surface area contributed by atoms with E-state index in [2.05, 4.69) is 50.4 Å². The van der Waals surface area contributed by atoms with Crippen molar-refractivity contribution in [2.75, 3.05) is 13.7 Å². The molecule has 0 amide bonds. The van der Waals surface area contributed by atoms with Crippen molar-refractivity contribution in [3.63, 3.8) is 0 Å². The number of nitrogens with one attached hydrogen (secondary N) is 1. The van der Waals surface area contributed by atoms with Crippen LogP contribution in [0.4, 0.5) is 0 Å². The van der Waals surface area contributed by atoms with E-state index in [4.69, 9.17) is 9.72 Å². The zero-order valence-electron chi connectivity index (χ0n) is 13.2. The van der Waals surface area contributed by atoms with Crippen molar-refractivity contribution in [2.45, 2.75) is 33.4 Å². The van der Waals surface area contributed by atoms with Crippen LogP contribution in [0.5, 0.6) is 0 Å². The van der Waals surface area contributed by atoms with Crippen LogP contribution in [0.1, 0.15) is 36.8 Å². The van der Waals surface area contributed by atoms with E-state index in [1.807, 2.05) is 6.07 Å². The van der Waals surface area contributed by atoms with Gasteiger partial charge < -0.3 is 10.1 Å². The summed E-state index contributed by atoms with van der Waals surface area (Å²) in [5, 5.41) is 4.47. The molecule has 2 aromatic rings. The van der Waals surface area contributed by atoms with E-state index in [-0.39, 0.29) is 6.10 Å². The molecule has 1 atom stereocenters. The van der Waals surface area contributed by atoms with Gasteiger partial charge in [0.15, 0.2) is 0 Å². The second-order valence-corrected chi connectivity index (χ2v) is 6.49. The van der Waals surface area contributed by atoms with Crippen molar-refractivity contribution in [1.82, 2.24) is 10.3 Å². The summed E-state index contributed by atoms with van der Waals surface area (Å²) in [5.74, 6) is 0.414. The van der Waals surface area contributed by atoms with Crippen molar-refractivity contribution in [2.24, 2.45) is 5.92 Å². The Morgan fingerprint density at radius 2 is 1.95 bits per heavy atom. The van der Waals surface area contributed by atoms with Crippen LogP contribution < -0.4 is 5.32 Å². The Hall–Kier alpha value is -1.23. The van der Waals surface area contributed by atoms with Gasteiger partial charge in [0.25, 0.3) is 0 Å². The molecule has 0 bridgehead atoms. The minimum atomic E-state index is 0.0628. The van der Waals surface area contributed by atoms with Gasteiger partial charge in [0, 0.05) is 24.1 Å². The van der Waals surface area contributed by atoms with E-state index in [1.54, 1.807) is 18.4 Å². The minimum absolute atomic E-state index is 0.0628. The Balaban J connectivity index is 2.40. The summed E-state index contributed by atoms with van der Waals surface area (Å²) in [5.41, 5.74) is 2.26. The largest absolute Gasteiger partial charge is 0.374 e. The molecule has 0 spiro atoms. The van der Waals surface area contributed by atoms with Crippen molar-refractivity contribution in [3.8, 4) is 11.3 Å². The molecular weight excluding hydrogens is 280 g/mol. The van der Waals surface area contributed by atoms with E-state index in [9.17, 15) is 0 Å². The van der Waals surface area contributed by atoms with Gasteiger partial charge in [0.2, 0.25) is 0 Å². The summed E-state index contributed by atoms with van der Waals surface area (Å²) in [6.45, 7) is 8.27. The highest BCUT2D eigenvalue weighted by Crippen LogP contribution is 2.35. The molecule has 3 nitrogen and oxygen atoms in total. The Morgan fingerprint density at radius 3 is 2.52 bits per heavy atom. The first-order valence-electron chi connectivity index (χ1n) is 7.45. The maximum Gasteiger partial charge on any atom is 0.123 e. The summed E-state index contributed by atoms with van der Waals surface area (Å²) >= 11 is 1.76. The molecule has 114 valence electrons. The van der Waals surface area contributed by atoms with Gasteiger partial charge in [0.1, 0.15) is 11.1 Å². The lowest BCUT2D eigenvalue weighted by molar-refractivity contribution is 0.0645. The molecule has 0 saturated heterocycles. The SMILES string of the molecule is CCNCc1sc(C(OC)C(C)C)nc1-c1ccccc1. The van der Waals surface area contributed by atoms with E-state index >= 15 is 0 Å². The Bertz CT molecular complexity index is 551. The molecule has 0 aliphatic carbocycles. The number of nitrogens with zero attached hydrogens (tertiary/aromatic N) is 1. The van der Waals surface area contributed by atoms with Gasteiger partial charge in [-0.05, 0) is 12.5 Å². The molecule has 1 aromatic heterocycles. The Kier molecular flexibility index (Phi) is 5.91. The lowest BCUT2D eigenvalue weighted by atomic mass is 10.1. The van der Waals surface area contributed by atoms with Crippen LogP contribution in [0.25, 0.3) is 11.3 Å². The number of ether oxygens (including phenoxy) is 1. The Morgan fingerprint density at radius 1 is 1.24 bits per heavy atom. The van der Waals surface area contributed by atoms with Crippen LogP contribution in [0.3, 0.4) is 0 Å². The molecular formula is C17H24N2OS. The summed E-state index contributed by atoms with van der Waals surface area (Å²) < 4.78 is 5.63. The summed E-state index contributed by atoms with van der Waals surface area (Å²) in [4.78, 5) is 6.16. The van der Waals surface area contributed by atoms with Crippen LogP contribution in [-0.4, -0.2) is 18.6 Å². The second-order valence-electron chi connectivity index (χ2n) is 5.37. The number of methoxy groups -OCH3 is 1. The standard InChI is InChI=1S/C17H24N2OS/c1-5-18-11-14-15(13-9-7-6-8-10-13)19-17(21-14)16(20-4)12(2)3/h6-10,12,16,18H,5,11H2,1-4H3. The second kappa shape index (κ2) is 7.69. The molecule has 21 heavy (non-hydrogen) atoms. The first-order chi connectivity index (χ1) is 10.2. The fraction of sp³-hybridized carbons (Fsp3) is 0.471. The normalized spacial score (nSPS) is 12.8. The quantitative estimate of drug-likeness (QED) is 0.829. The highest BCUT2D eigenvalue weighted by molar-refractivity contribution is 7.12. The van der Waals surface area contributed by atoms with Gasteiger partial charge in [-0.3, -0.25) is 0 Å². The summed E-state index contributed by atoms with van der Waals surface area (Å²) in [6, 6.07) is 10.4. The highest BCUT2D eigenvalue weighted by atomic mass is 32.1. The van der Waals surface area contributed by atoms with E-state index < -0.39 is 0 Å². The molecule has 1 unspecified atom stereocenters. The molecule has 0 saturated carbocycles.